The molecule has 10 nitrogen and oxygen atoms in total. The minimum atomic E-state index is -3.51. The number of nitrogens with one attached hydrogen (secondary N) is 1. The molecule has 0 aromatic heterocycles. The number of hydrogen-bond donors (Lipinski definition) is 1. The Balaban J connectivity index is 1.52. The van der Waals surface area contributed by atoms with Crippen LogP contribution in [0.2, 0.25) is 0 Å². The van der Waals surface area contributed by atoms with Crippen LogP contribution in [0, 0.1) is 5.92 Å². The lowest BCUT2D eigenvalue weighted by molar-refractivity contribution is -0.138. The zero-order valence-corrected chi connectivity index (χ0v) is 24.3. The molecule has 2 saturated heterocycles. The van der Waals surface area contributed by atoms with Gasteiger partial charge in [0.05, 0.1) is 17.5 Å². The highest BCUT2D eigenvalue weighted by Crippen LogP contribution is 2.32. The summed E-state index contributed by atoms with van der Waals surface area (Å²) in [5.41, 5.74) is 1.54. The van der Waals surface area contributed by atoms with Crippen molar-refractivity contribution < 1.29 is 27.6 Å². The molecule has 3 atom stereocenters. The van der Waals surface area contributed by atoms with E-state index in [4.69, 9.17) is 0 Å². The van der Waals surface area contributed by atoms with Crippen LogP contribution < -0.4 is 10.2 Å². The number of nitrogens with zero attached hydrogens (tertiary/aromatic N) is 3. The molecule has 40 heavy (non-hydrogen) atoms. The first-order valence-corrected chi connectivity index (χ1v) is 15.2. The molecule has 0 aliphatic carbocycles. The van der Waals surface area contributed by atoms with E-state index >= 15 is 0 Å². The van der Waals surface area contributed by atoms with Gasteiger partial charge in [-0.05, 0) is 61.2 Å². The Morgan fingerprint density at radius 2 is 1.70 bits per heavy atom. The minimum absolute atomic E-state index is 0.0206. The number of carbonyl (C=O) groups is 4. The molecule has 2 aliphatic rings. The zero-order chi connectivity index (χ0) is 29.4. The summed E-state index contributed by atoms with van der Waals surface area (Å²) in [5.74, 6) is -1.32. The summed E-state index contributed by atoms with van der Waals surface area (Å²) in [4.78, 5) is 58.2. The van der Waals surface area contributed by atoms with Gasteiger partial charge >= 0.3 is 0 Å². The molecule has 2 aromatic rings. The predicted molar refractivity (Wildman–Crippen MR) is 151 cm³/mol. The largest absolute Gasteiger partial charge is 0.378 e. The third-order valence-corrected chi connectivity index (χ3v) is 8.54. The molecule has 0 bridgehead atoms. The van der Waals surface area contributed by atoms with Crippen LogP contribution in [0.15, 0.2) is 53.4 Å². The molecule has 2 heterocycles. The van der Waals surface area contributed by atoms with Crippen molar-refractivity contribution in [2.24, 2.45) is 5.92 Å². The maximum atomic E-state index is 13.8. The Bertz CT molecular complexity index is 1420. The normalized spacial score (nSPS) is 19.5. The van der Waals surface area contributed by atoms with E-state index in [1.807, 2.05) is 45.0 Å². The van der Waals surface area contributed by atoms with Gasteiger partial charge in [0.2, 0.25) is 5.91 Å². The standard InChI is InChI=1S/C29H36N4O6S/c1-18(2)15-23(30-27(35)19-9-11-21(12-10-19)31(3)4)29(37)32-14-13-24-26(32)25(34)17-33(24)28(36)20-7-6-8-22(16-20)40(5,38)39/h6-12,16,18,23-24,26H,13-15,17H2,1-5H3,(H,30,35)/t23-,24+,26-/m0/s1. The summed E-state index contributed by atoms with van der Waals surface area (Å²) in [6.45, 7) is 4.02. The first-order valence-electron chi connectivity index (χ1n) is 13.3. The van der Waals surface area contributed by atoms with Gasteiger partial charge in [-0.25, -0.2) is 8.42 Å². The second-order valence-corrected chi connectivity index (χ2v) is 13.1. The monoisotopic (exact) mass is 568 g/mol. The summed E-state index contributed by atoms with van der Waals surface area (Å²) >= 11 is 0. The lowest BCUT2D eigenvalue weighted by Crippen LogP contribution is -2.53. The number of rotatable bonds is 8. The quantitative estimate of drug-likeness (QED) is 0.517. The van der Waals surface area contributed by atoms with E-state index in [9.17, 15) is 27.6 Å². The fraction of sp³-hybridized carbons (Fsp3) is 0.448. The van der Waals surface area contributed by atoms with Gasteiger partial charge in [0.1, 0.15) is 12.1 Å². The minimum Gasteiger partial charge on any atom is -0.378 e. The van der Waals surface area contributed by atoms with Crippen molar-refractivity contribution >= 4 is 39.0 Å². The van der Waals surface area contributed by atoms with E-state index in [0.29, 0.717) is 18.4 Å². The molecule has 0 radical (unpaired) electrons. The van der Waals surface area contributed by atoms with Crippen molar-refractivity contribution in [2.45, 2.75) is 49.7 Å². The Labute approximate surface area is 235 Å². The summed E-state index contributed by atoms with van der Waals surface area (Å²) in [6, 6.07) is 10.7. The highest BCUT2D eigenvalue weighted by Gasteiger charge is 2.52. The van der Waals surface area contributed by atoms with Crippen LogP contribution in [-0.4, -0.2) is 93.3 Å². The van der Waals surface area contributed by atoms with Gasteiger partial charge in [-0.15, -0.1) is 0 Å². The molecule has 0 saturated carbocycles. The zero-order valence-electron chi connectivity index (χ0n) is 23.5. The SMILES string of the molecule is CC(C)C[C@H](NC(=O)c1ccc(N(C)C)cc1)C(=O)N1CC[C@@H]2[C@H]1C(=O)CN2C(=O)c1cccc(S(C)(=O)=O)c1. The topological polar surface area (TPSA) is 124 Å². The highest BCUT2D eigenvalue weighted by atomic mass is 32.2. The second kappa shape index (κ2) is 11.4. The molecule has 0 spiro atoms. The molecule has 1 N–H and O–H groups in total. The first kappa shape index (κ1) is 29.3. The molecule has 3 amide bonds. The summed E-state index contributed by atoms with van der Waals surface area (Å²) in [5, 5.41) is 2.87. The summed E-state index contributed by atoms with van der Waals surface area (Å²) in [7, 11) is 0.295. The molecule has 0 unspecified atom stereocenters. The maximum Gasteiger partial charge on any atom is 0.254 e. The molecular formula is C29H36N4O6S. The van der Waals surface area contributed by atoms with Crippen LogP contribution >= 0.6 is 0 Å². The number of sulfone groups is 1. The number of Topliss-reactive ketones (excluding diaryl/α,β-unsaturated/α-hetero) is 1. The molecule has 2 aromatic carbocycles. The van der Waals surface area contributed by atoms with Crippen LogP contribution in [0.1, 0.15) is 47.4 Å². The molecule has 2 fully saturated rings. The molecule has 11 heteroatoms. The lowest BCUT2D eigenvalue weighted by atomic mass is 10.0. The lowest BCUT2D eigenvalue weighted by Gasteiger charge is -2.29. The molecule has 214 valence electrons. The summed E-state index contributed by atoms with van der Waals surface area (Å²) in [6.07, 6.45) is 1.87. The molecule has 4 rings (SSSR count). The van der Waals surface area contributed by atoms with E-state index in [1.54, 1.807) is 12.1 Å². The Kier molecular flexibility index (Phi) is 8.34. The van der Waals surface area contributed by atoms with Gasteiger partial charge in [-0.2, -0.15) is 0 Å². The van der Waals surface area contributed by atoms with Gasteiger partial charge < -0.3 is 20.0 Å². The Morgan fingerprint density at radius 1 is 1.02 bits per heavy atom. The number of carbonyl (C=O) groups excluding carboxylic acids is 4. The van der Waals surface area contributed by atoms with Crippen LogP contribution in [0.3, 0.4) is 0 Å². The van der Waals surface area contributed by atoms with Crippen molar-refractivity contribution in [3.8, 4) is 0 Å². The number of likely N-dealkylation sites (tertiary alicyclic amines) is 2. The molecule has 2 aliphatic heterocycles. The van der Waals surface area contributed by atoms with Gasteiger partial charge in [0, 0.05) is 43.7 Å². The van der Waals surface area contributed by atoms with Crippen molar-refractivity contribution in [2.75, 3.05) is 38.3 Å². The number of hydrogen-bond acceptors (Lipinski definition) is 7. The fourth-order valence-electron chi connectivity index (χ4n) is 5.41. The van der Waals surface area contributed by atoms with E-state index in [1.165, 1.54) is 34.1 Å². The highest BCUT2D eigenvalue weighted by molar-refractivity contribution is 7.90. The first-order chi connectivity index (χ1) is 18.8. The fourth-order valence-corrected chi connectivity index (χ4v) is 6.08. The number of amides is 3. The molecular weight excluding hydrogens is 532 g/mol. The van der Waals surface area contributed by atoms with E-state index in [-0.39, 0.29) is 47.1 Å². The number of fused-ring (bicyclic) bond motifs is 1. The van der Waals surface area contributed by atoms with Crippen LogP contribution in [0.4, 0.5) is 5.69 Å². The van der Waals surface area contributed by atoms with E-state index in [2.05, 4.69) is 5.32 Å². The van der Waals surface area contributed by atoms with Gasteiger partial charge in [0.25, 0.3) is 11.8 Å². The van der Waals surface area contributed by atoms with Crippen molar-refractivity contribution in [3.05, 3.63) is 59.7 Å². The van der Waals surface area contributed by atoms with Gasteiger partial charge in [-0.3, -0.25) is 19.2 Å². The van der Waals surface area contributed by atoms with Crippen LogP contribution in [0.5, 0.6) is 0 Å². The number of ketones is 1. The maximum absolute atomic E-state index is 13.8. The smallest absolute Gasteiger partial charge is 0.254 e. The third-order valence-electron chi connectivity index (χ3n) is 7.43. The average molecular weight is 569 g/mol. The van der Waals surface area contributed by atoms with Crippen molar-refractivity contribution in [3.63, 3.8) is 0 Å². The second-order valence-electron chi connectivity index (χ2n) is 11.1. The van der Waals surface area contributed by atoms with Crippen molar-refractivity contribution in [1.82, 2.24) is 15.1 Å². The summed E-state index contributed by atoms with van der Waals surface area (Å²) < 4.78 is 24.0. The average Bonchev–Trinajstić information content (AvgIpc) is 3.48. The van der Waals surface area contributed by atoms with Crippen molar-refractivity contribution in [1.29, 1.82) is 0 Å². The van der Waals surface area contributed by atoms with Crippen LogP contribution in [-0.2, 0) is 19.4 Å². The van der Waals surface area contributed by atoms with Gasteiger partial charge in [-0.1, -0.05) is 19.9 Å². The van der Waals surface area contributed by atoms with E-state index < -0.39 is 33.9 Å². The van der Waals surface area contributed by atoms with Crippen LogP contribution in [0.25, 0.3) is 0 Å². The number of benzene rings is 2. The predicted octanol–water partition coefficient (Wildman–Crippen LogP) is 2.00. The van der Waals surface area contributed by atoms with Gasteiger partial charge in [0.15, 0.2) is 15.6 Å². The Morgan fingerprint density at radius 3 is 2.30 bits per heavy atom. The third kappa shape index (κ3) is 6.04. The Hall–Kier alpha value is -3.73. The van der Waals surface area contributed by atoms with E-state index in [0.717, 1.165) is 11.9 Å². The number of anilines is 1.